The summed E-state index contributed by atoms with van der Waals surface area (Å²) in [4.78, 5) is 33.5. The minimum absolute atomic E-state index is 0.0129. The third kappa shape index (κ3) is 15.5. The van der Waals surface area contributed by atoms with Crippen LogP contribution in [0.3, 0.4) is 0 Å². The second kappa shape index (κ2) is 11.4. The van der Waals surface area contributed by atoms with E-state index < -0.39 is 36.4 Å². The average molecular weight is 307 g/mol. The van der Waals surface area contributed by atoms with Gasteiger partial charge in [-0.25, -0.2) is 0 Å². The third-order valence-electron chi connectivity index (χ3n) is 2.00. The molecule has 0 aliphatic heterocycles. The zero-order valence-corrected chi connectivity index (χ0v) is 11.3. The molecule has 0 saturated heterocycles. The van der Waals surface area contributed by atoms with E-state index in [2.05, 4.69) is 4.99 Å². The topological polar surface area (TPSA) is 228 Å². The van der Waals surface area contributed by atoms with E-state index in [1.54, 1.807) is 0 Å². The number of hydrogen-bond donors (Lipinski definition) is 7. The number of rotatable bonds is 8. The van der Waals surface area contributed by atoms with Gasteiger partial charge >= 0.3 is 17.9 Å². The molecule has 0 aromatic heterocycles. The Morgan fingerprint density at radius 3 is 1.71 bits per heavy atom. The lowest BCUT2D eigenvalue weighted by molar-refractivity contribution is -0.144. The van der Waals surface area contributed by atoms with Crippen molar-refractivity contribution in [3.63, 3.8) is 0 Å². The lowest BCUT2D eigenvalue weighted by Crippen LogP contribution is -2.32. The maximum Gasteiger partial charge on any atom is 0.321 e. The molecule has 0 saturated carbocycles. The van der Waals surface area contributed by atoms with Gasteiger partial charge in [0.2, 0.25) is 0 Å². The van der Waals surface area contributed by atoms with Crippen molar-refractivity contribution in [1.29, 1.82) is 0 Å². The normalized spacial score (nSPS) is 12.3. The summed E-state index contributed by atoms with van der Waals surface area (Å²) in [7, 11) is 0. The summed E-state index contributed by atoms with van der Waals surface area (Å²) < 4.78 is 0. The van der Waals surface area contributed by atoms with Crippen LogP contribution in [0.15, 0.2) is 4.99 Å². The van der Waals surface area contributed by atoms with Gasteiger partial charge in [-0.3, -0.25) is 19.4 Å². The highest BCUT2D eigenvalue weighted by molar-refractivity contribution is 5.80. The van der Waals surface area contributed by atoms with E-state index in [-0.39, 0.29) is 5.96 Å². The zero-order valence-electron chi connectivity index (χ0n) is 11.3. The monoisotopic (exact) mass is 307 g/mol. The van der Waals surface area contributed by atoms with Gasteiger partial charge in [-0.1, -0.05) is 0 Å². The summed E-state index contributed by atoms with van der Waals surface area (Å²) in [5, 5.41) is 24.4. The first kappa shape index (κ1) is 20.9. The highest BCUT2D eigenvalue weighted by Crippen LogP contribution is 1.94. The smallest absolute Gasteiger partial charge is 0.321 e. The molecule has 122 valence electrons. The molecule has 0 aromatic carbocycles. The molecule has 0 spiro atoms. The van der Waals surface area contributed by atoms with Crippen molar-refractivity contribution in [2.24, 2.45) is 27.9 Å². The predicted octanol–water partition coefficient (Wildman–Crippen LogP) is -2.68. The minimum Gasteiger partial charge on any atom is -0.481 e. The molecule has 0 unspecified atom stereocenters. The molecule has 0 amide bonds. The number of nitrogens with two attached hydrogens (primary N) is 4. The molecule has 21 heavy (non-hydrogen) atoms. The molecule has 0 radical (unpaired) electrons. The van der Waals surface area contributed by atoms with Gasteiger partial charge in [0.05, 0.1) is 6.42 Å². The van der Waals surface area contributed by atoms with E-state index in [1.807, 2.05) is 0 Å². The van der Waals surface area contributed by atoms with Crippen molar-refractivity contribution in [2.45, 2.75) is 31.3 Å². The maximum absolute atomic E-state index is 10.2. The van der Waals surface area contributed by atoms with Gasteiger partial charge in [0.15, 0.2) is 5.96 Å². The van der Waals surface area contributed by atoms with Crippen molar-refractivity contribution in [2.75, 3.05) is 6.54 Å². The number of guanidine groups is 1. The fraction of sp³-hybridized carbons (Fsp3) is 0.600. The van der Waals surface area contributed by atoms with Crippen LogP contribution in [0.1, 0.15) is 19.3 Å². The molecule has 11 heteroatoms. The van der Waals surface area contributed by atoms with Gasteiger partial charge in [-0.2, -0.15) is 0 Å². The fourth-order valence-electron chi connectivity index (χ4n) is 0.918. The fourth-order valence-corrected chi connectivity index (χ4v) is 0.918. The van der Waals surface area contributed by atoms with Crippen LogP contribution < -0.4 is 22.9 Å². The molecule has 0 heterocycles. The second-order valence-corrected chi connectivity index (χ2v) is 3.94. The van der Waals surface area contributed by atoms with Gasteiger partial charge in [0.25, 0.3) is 0 Å². The van der Waals surface area contributed by atoms with E-state index >= 15 is 0 Å². The number of nitrogens with zero attached hydrogens (tertiary/aromatic N) is 1. The molecule has 0 aromatic rings. The first-order valence-corrected chi connectivity index (χ1v) is 5.81. The summed E-state index contributed by atoms with van der Waals surface area (Å²) in [6, 6.07) is -2.11. The van der Waals surface area contributed by atoms with Crippen LogP contribution in [-0.2, 0) is 14.4 Å². The molecule has 0 rings (SSSR count). The van der Waals surface area contributed by atoms with Crippen molar-refractivity contribution >= 4 is 23.9 Å². The van der Waals surface area contributed by atoms with Crippen LogP contribution in [0.4, 0.5) is 0 Å². The number of carboxylic acid groups (broad SMARTS) is 3. The Kier molecular flexibility index (Phi) is 11.4. The molecule has 0 bridgehead atoms. The molecule has 0 fully saturated rings. The lowest BCUT2D eigenvalue weighted by atomic mass is 10.2. The summed E-state index contributed by atoms with van der Waals surface area (Å²) in [6.07, 6.45) is 0.423. The number of aliphatic carboxylic acids is 3. The Balaban J connectivity index is 0. The molecule has 11 N–H and O–H groups in total. The lowest BCUT2D eigenvalue weighted by Gasteiger charge is -2.03. The Hall–Kier alpha value is -2.40. The molecule has 11 nitrogen and oxygen atoms in total. The zero-order chi connectivity index (χ0) is 17.0. The first-order chi connectivity index (χ1) is 9.57. The quantitative estimate of drug-likeness (QED) is 0.139. The van der Waals surface area contributed by atoms with E-state index in [4.69, 9.17) is 38.3 Å². The SMILES string of the molecule is NC(N)=NCCC[C@@H](N)C(=O)O.N[C@H](CC(=O)O)C(=O)O. The van der Waals surface area contributed by atoms with Crippen LogP contribution in [0, 0.1) is 0 Å². The summed E-state index contributed by atoms with van der Waals surface area (Å²) >= 11 is 0. The first-order valence-electron chi connectivity index (χ1n) is 5.81. The maximum atomic E-state index is 10.2. The van der Waals surface area contributed by atoms with Crippen LogP contribution in [0.5, 0.6) is 0 Å². The van der Waals surface area contributed by atoms with Gasteiger partial charge in [-0.15, -0.1) is 0 Å². The minimum atomic E-state index is -1.29. The summed E-state index contributed by atoms with van der Waals surface area (Å²) in [5.74, 6) is -3.49. The summed E-state index contributed by atoms with van der Waals surface area (Å²) in [6.45, 7) is 0.420. The Bertz CT molecular complexity index is 382. The van der Waals surface area contributed by atoms with Crippen LogP contribution in [0.2, 0.25) is 0 Å². The number of aliphatic imine (C=N–C) groups is 1. The highest BCUT2D eigenvalue weighted by atomic mass is 16.4. The largest absolute Gasteiger partial charge is 0.481 e. The molecule has 0 aliphatic carbocycles. The number of hydrogen-bond acceptors (Lipinski definition) is 6. The Morgan fingerprint density at radius 1 is 0.952 bits per heavy atom. The number of carbonyl (C=O) groups is 3. The molecule has 0 aliphatic rings. The molecule has 2 atom stereocenters. The van der Waals surface area contributed by atoms with Gasteiger partial charge in [0, 0.05) is 6.54 Å². The van der Waals surface area contributed by atoms with Crippen molar-refractivity contribution in [3.8, 4) is 0 Å². The van der Waals surface area contributed by atoms with E-state index in [9.17, 15) is 14.4 Å². The Labute approximate surface area is 120 Å². The van der Waals surface area contributed by atoms with E-state index in [1.165, 1.54) is 0 Å². The van der Waals surface area contributed by atoms with Crippen molar-refractivity contribution in [1.82, 2.24) is 0 Å². The van der Waals surface area contributed by atoms with E-state index in [0.717, 1.165) is 0 Å². The van der Waals surface area contributed by atoms with Gasteiger partial charge in [0.1, 0.15) is 12.1 Å². The van der Waals surface area contributed by atoms with Crippen LogP contribution >= 0.6 is 0 Å². The van der Waals surface area contributed by atoms with Crippen molar-refractivity contribution in [3.05, 3.63) is 0 Å². The standard InChI is InChI=1S/C6H14N4O2.C4H7NO4/c7-4(5(11)12)2-1-3-10-6(8)9;5-2(4(8)9)1-3(6)7/h4H,1-3,7H2,(H,11,12)(H4,8,9,10);2H,1,5H2,(H,6,7)(H,8,9)/t4-;2-/m11/s1. The van der Waals surface area contributed by atoms with Crippen molar-refractivity contribution < 1.29 is 29.7 Å². The van der Waals surface area contributed by atoms with Crippen LogP contribution in [0.25, 0.3) is 0 Å². The van der Waals surface area contributed by atoms with Gasteiger partial charge in [-0.05, 0) is 12.8 Å². The molecular formula is C10H21N5O6. The Morgan fingerprint density at radius 2 is 1.43 bits per heavy atom. The third-order valence-corrected chi connectivity index (χ3v) is 2.00. The van der Waals surface area contributed by atoms with Gasteiger partial charge < -0.3 is 38.3 Å². The van der Waals surface area contributed by atoms with E-state index in [0.29, 0.717) is 19.4 Å². The second-order valence-electron chi connectivity index (χ2n) is 3.94. The average Bonchev–Trinajstić information content (AvgIpc) is 2.33. The highest BCUT2D eigenvalue weighted by Gasteiger charge is 2.14. The molecular weight excluding hydrogens is 286 g/mol. The summed E-state index contributed by atoms with van der Waals surface area (Å²) in [5.41, 5.74) is 20.2. The predicted molar refractivity (Wildman–Crippen MR) is 73.4 cm³/mol. The number of carboxylic acids is 3. The van der Waals surface area contributed by atoms with Crippen LogP contribution in [-0.4, -0.2) is 57.8 Å².